The fourth-order valence-electron chi connectivity index (χ4n) is 2.72. The molecule has 3 aromatic heterocycles. The number of halogens is 1. The summed E-state index contributed by atoms with van der Waals surface area (Å²) in [7, 11) is 1.32. The molecule has 1 aromatic carbocycles. The van der Waals surface area contributed by atoms with E-state index in [0.717, 1.165) is 11.0 Å². The van der Waals surface area contributed by atoms with Gasteiger partial charge in [-0.25, -0.2) is 14.8 Å². The molecule has 2 N–H and O–H groups in total. The molecule has 0 unspecified atom stereocenters. The monoisotopic (exact) mass is 394 g/mol. The van der Waals surface area contributed by atoms with E-state index in [0.29, 0.717) is 33.6 Å². The Hall–Kier alpha value is -3.58. The van der Waals surface area contributed by atoms with Gasteiger partial charge in [0.2, 0.25) is 0 Å². The third kappa shape index (κ3) is 3.47. The van der Waals surface area contributed by atoms with E-state index in [2.05, 4.69) is 20.3 Å². The van der Waals surface area contributed by atoms with Crippen molar-refractivity contribution >= 4 is 40.1 Å². The number of esters is 1. The van der Waals surface area contributed by atoms with E-state index in [1.165, 1.54) is 7.11 Å². The van der Waals surface area contributed by atoms with E-state index >= 15 is 0 Å². The first-order valence-electron chi connectivity index (χ1n) is 8.35. The molecule has 0 aliphatic heterocycles. The molecule has 0 bridgehead atoms. The first kappa shape index (κ1) is 17.8. The smallest absolute Gasteiger partial charge is 0.341 e. The number of carbonyl (C=O) groups is 1. The highest BCUT2D eigenvalue weighted by molar-refractivity contribution is 6.32. The van der Waals surface area contributed by atoms with Crippen LogP contribution in [0.15, 0.2) is 61.1 Å². The van der Waals surface area contributed by atoms with E-state index in [9.17, 15) is 4.79 Å². The van der Waals surface area contributed by atoms with E-state index in [4.69, 9.17) is 21.1 Å². The molecule has 0 saturated heterocycles. The Morgan fingerprint density at radius 1 is 1.11 bits per heavy atom. The molecule has 0 radical (unpaired) electrons. The van der Waals surface area contributed by atoms with Crippen LogP contribution in [0.4, 0.5) is 11.5 Å². The normalized spacial score (nSPS) is 10.6. The lowest BCUT2D eigenvalue weighted by Crippen LogP contribution is -2.07. The Morgan fingerprint density at radius 2 is 2.00 bits per heavy atom. The number of methoxy groups -OCH3 is 1. The first-order valence-corrected chi connectivity index (χ1v) is 8.73. The number of hydrogen-bond acceptors (Lipinski definition) is 6. The number of aromatic amines is 1. The number of nitrogens with one attached hydrogen (secondary N) is 2. The van der Waals surface area contributed by atoms with Gasteiger partial charge < -0.3 is 19.8 Å². The summed E-state index contributed by atoms with van der Waals surface area (Å²) < 4.78 is 10.7. The van der Waals surface area contributed by atoms with Crippen molar-refractivity contribution in [3.05, 3.63) is 71.6 Å². The van der Waals surface area contributed by atoms with Gasteiger partial charge in [-0.05, 0) is 42.5 Å². The number of nitrogens with zero attached hydrogens (tertiary/aromatic N) is 2. The number of H-pyrrole nitrogens is 1. The molecule has 0 spiro atoms. The zero-order chi connectivity index (χ0) is 19.5. The SMILES string of the molecule is COC(=O)c1cccnc1Nc1ccc(Oc2ccnc3[nH]ccc23)c(Cl)c1. The minimum absolute atomic E-state index is 0.327. The summed E-state index contributed by atoms with van der Waals surface area (Å²) in [4.78, 5) is 23.3. The van der Waals surface area contributed by atoms with Gasteiger partial charge in [-0.15, -0.1) is 0 Å². The van der Waals surface area contributed by atoms with Crippen LogP contribution in [0.25, 0.3) is 11.0 Å². The number of pyridine rings is 2. The topological polar surface area (TPSA) is 89.1 Å². The molecule has 0 saturated carbocycles. The molecule has 0 fully saturated rings. The molecule has 0 atom stereocenters. The van der Waals surface area contributed by atoms with Gasteiger partial charge in [0, 0.05) is 24.3 Å². The van der Waals surface area contributed by atoms with Crippen LogP contribution >= 0.6 is 11.6 Å². The van der Waals surface area contributed by atoms with Crippen molar-refractivity contribution in [2.75, 3.05) is 12.4 Å². The third-order valence-electron chi connectivity index (χ3n) is 4.05. The number of ether oxygens (including phenoxy) is 2. The minimum atomic E-state index is -0.477. The number of rotatable bonds is 5. The standard InChI is InChI=1S/C20H15ClN4O3/c1-27-20(26)14-3-2-8-22-19(14)25-12-4-5-17(15(21)11-12)28-16-7-10-24-18-13(16)6-9-23-18/h2-11H,1H3,(H,22,25)(H,23,24). The van der Waals surface area contributed by atoms with Crippen molar-refractivity contribution in [2.45, 2.75) is 0 Å². The lowest BCUT2D eigenvalue weighted by atomic mass is 10.2. The molecular formula is C20H15ClN4O3. The van der Waals surface area contributed by atoms with Crippen LogP contribution in [0, 0.1) is 0 Å². The van der Waals surface area contributed by atoms with Gasteiger partial charge in [-0.2, -0.15) is 0 Å². The molecule has 8 heteroatoms. The van der Waals surface area contributed by atoms with E-state index in [1.807, 2.05) is 6.07 Å². The van der Waals surface area contributed by atoms with Crippen molar-refractivity contribution in [3.8, 4) is 11.5 Å². The summed E-state index contributed by atoms with van der Waals surface area (Å²) in [5.41, 5.74) is 1.72. The summed E-state index contributed by atoms with van der Waals surface area (Å²) in [5, 5.41) is 4.34. The van der Waals surface area contributed by atoms with Crippen LogP contribution in [-0.4, -0.2) is 28.0 Å². The van der Waals surface area contributed by atoms with Crippen LogP contribution in [0.5, 0.6) is 11.5 Å². The molecule has 0 aliphatic rings. The van der Waals surface area contributed by atoms with E-state index in [-0.39, 0.29) is 0 Å². The maximum Gasteiger partial charge on any atom is 0.341 e. The molecule has 3 heterocycles. The molecule has 7 nitrogen and oxygen atoms in total. The second kappa shape index (κ2) is 7.58. The maximum absolute atomic E-state index is 11.9. The van der Waals surface area contributed by atoms with Crippen molar-refractivity contribution in [3.63, 3.8) is 0 Å². The number of aromatic nitrogens is 3. The Labute approximate surface area is 165 Å². The fourth-order valence-corrected chi connectivity index (χ4v) is 2.94. The number of benzene rings is 1. The molecule has 4 rings (SSSR count). The lowest BCUT2D eigenvalue weighted by Gasteiger charge is -2.12. The fraction of sp³-hybridized carbons (Fsp3) is 0.0500. The minimum Gasteiger partial charge on any atom is -0.465 e. The van der Waals surface area contributed by atoms with Crippen molar-refractivity contribution < 1.29 is 14.3 Å². The highest BCUT2D eigenvalue weighted by Crippen LogP contribution is 2.35. The number of carbonyl (C=O) groups excluding carboxylic acids is 1. The Bertz CT molecular complexity index is 1160. The highest BCUT2D eigenvalue weighted by Gasteiger charge is 2.14. The van der Waals surface area contributed by atoms with E-state index in [1.54, 1.807) is 55.0 Å². The number of anilines is 2. The second-order valence-corrected chi connectivity index (χ2v) is 6.22. The highest BCUT2D eigenvalue weighted by atomic mass is 35.5. The van der Waals surface area contributed by atoms with Gasteiger partial charge in [-0.1, -0.05) is 11.6 Å². The van der Waals surface area contributed by atoms with Gasteiger partial charge in [0.1, 0.15) is 28.5 Å². The third-order valence-corrected chi connectivity index (χ3v) is 4.34. The van der Waals surface area contributed by atoms with Crippen LogP contribution in [0.1, 0.15) is 10.4 Å². The van der Waals surface area contributed by atoms with Crippen LogP contribution in [-0.2, 0) is 4.74 Å². The Balaban J connectivity index is 1.59. The van der Waals surface area contributed by atoms with Gasteiger partial charge in [0.25, 0.3) is 0 Å². The maximum atomic E-state index is 11.9. The molecule has 28 heavy (non-hydrogen) atoms. The summed E-state index contributed by atoms with van der Waals surface area (Å²) in [6.07, 6.45) is 5.04. The quantitative estimate of drug-likeness (QED) is 0.466. The van der Waals surface area contributed by atoms with Gasteiger partial charge >= 0.3 is 5.97 Å². The summed E-state index contributed by atoms with van der Waals surface area (Å²) >= 11 is 6.40. The Morgan fingerprint density at radius 3 is 2.82 bits per heavy atom. The van der Waals surface area contributed by atoms with Crippen LogP contribution in [0.2, 0.25) is 5.02 Å². The summed E-state index contributed by atoms with van der Waals surface area (Å²) in [6.45, 7) is 0. The van der Waals surface area contributed by atoms with Crippen LogP contribution in [0.3, 0.4) is 0 Å². The number of fused-ring (bicyclic) bond motifs is 1. The zero-order valence-electron chi connectivity index (χ0n) is 14.8. The average Bonchev–Trinajstić information content (AvgIpc) is 3.20. The summed E-state index contributed by atoms with van der Waals surface area (Å²) in [5.74, 6) is 1.04. The van der Waals surface area contributed by atoms with Crippen LogP contribution < -0.4 is 10.1 Å². The first-order chi connectivity index (χ1) is 13.7. The van der Waals surface area contributed by atoms with Crippen molar-refractivity contribution in [1.29, 1.82) is 0 Å². The average molecular weight is 395 g/mol. The van der Waals surface area contributed by atoms with Gasteiger partial charge in [-0.3, -0.25) is 0 Å². The molecule has 4 aromatic rings. The molecule has 0 aliphatic carbocycles. The van der Waals surface area contributed by atoms with E-state index < -0.39 is 5.97 Å². The van der Waals surface area contributed by atoms with Gasteiger partial charge in [0.05, 0.1) is 17.5 Å². The predicted molar refractivity (Wildman–Crippen MR) is 106 cm³/mol. The Kier molecular flexibility index (Phi) is 4.82. The second-order valence-electron chi connectivity index (χ2n) is 5.81. The number of hydrogen-bond donors (Lipinski definition) is 2. The molecular weight excluding hydrogens is 380 g/mol. The van der Waals surface area contributed by atoms with Gasteiger partial charge in [0.15, 0.2) is 0 Å². The van der Waals surface area contributed by atoms with Crippen molar-refractivity contribution in [1.82, 2.24) is 15.0 Å². The lowest BCUT2D eigenvalue weighted by molar-refractivity contribution is 0.0601. The summed E-state index contributed by atoms with van der Waals surface area (Å²) in [6, 6.07) is 12.2. The molecule has 0 amide bonds. The predicted octanol–water partition coefficient (Wildman–Crippen LogP) is 4.93. The molecule has 140 valence electrons. The largest absolute Gasteiger partial charge is 0.465 e. The van der Waals surface area contributed by atoms with Crippen molar-refractivity contribution in [2.24, 2.45) is 0 Å². The zero-order valence-corrected chi connectivity index (χ0v) is 15.5.